The molecule has 1 unspecified atom stereocenters. The van der Waals surface area contributed by atoms with Gasteiger partial charge in [-0.2, -0.15) is 0 Å². The predicted molar refractivity (Wildman–Crippen MR) is 80.7 cm³/mol. The third-order valence-electron chi connectivity index (χ3n) is 3.34. The summed E-state index contributed by atoms with van der Waals surface area (Å²) in [6.45, 7) is 6.16. The van der Waals surface area contributed by atoms with Crippen molar-refractivity contribution in [3.8, 4) is 11.5 Å². The first-order chi connectivity index (χ1) is 10.0. The molecule has 2 aromatic rings. The van der Waals surface area contributed by atoms with Gasteiger partial charge in [-0.05, 0) is 44.9 Å². The van der Waals surface area contributed by atoms with Crippen molar-refractivity contribution < 1.29 is 14.0 Å². The minimum absolute atomic E-state index is 0.105. The summed E-state index contributed by atoms with van der Waals surface area (Å²) in [5.41, 5.74) is 8.78. The van der Waals surface area contributed by atoms with Crippen molar-refractivity contribution in [3.05, 3.63) is 40.8 Å². The van der Waals surface area contributed by atoms with Crippen LogP contribution in [0.2, 0.25) is 0 Å². The first-order valence-corrected chi connectivity index (χ1v) is 6.98. The normalized spacial score (nSPS) is 12.2. The molecule has 1 aromatic carbocycles. The monoisotopic (exact) mass is 290 g/mol. The van der Waals surface area contributed by atoms with E-state index in [-0.39, 0.29) is 6.04 Å². The van der Waals surface area contributed by atoms with Crippen LogP contribution < -0.4 is 15.2 Å². The lowest BCUT2D eigenvalue weighted by Gasteiger charge is -2.13. The molecule has 0 aliphatic heterocycles. The fourth-order valence-corrected chi connectivity index (χ4v) is 2.19. The minimum Gasteiger partial charge on any atom is -0.493 e. The lowest BCUT2D eigenvalue weighted by molar-refractivity contribution is 0.281. The zero-order chi connectivity index (χ0) is 15.4. The summed E-state index contributed by atoms with van der Waals surface area (Å²) in [5, 5.41) is 3.93. The summed E-state index contributed by atoms with van der Waals surface area (Å²) >= 11 is 0. The van der Waals surface area contributed by atoms with E-state index in [4.69, 9.17) is 19.7 Å². The standard InChI is InChI=1S/C16H22N2O3/c1-10(17)7-13-5-6-15(19-4)16(8-13)20-9-14-11(2)18-21-12(14)3/h5-6,8,10H,7,9,17H2,1-4H3. The van der Waals surface area contributed by atoms with Gasteiger partial charge in [0.2, 0.25) is 0 Å². The number of hydrogen-bond acceptors (Lipinski definition) is 5. The van der Waals surface area contributed by atoms with E-state index in [2.05, 4.69) is 5.16 Å². The number of rotatable bonds is 6. The average molecular weight is 290 g/mol. The molecule has 0 aliphatic rings. The molecule has 0 fully saturated rings. The SMILES string of the molecule is COc1ccc(CC(C)N)cc1OCc1c(C)noc1C. The maximum absolute atomic E-state index is 5.89. The molecular weight excluding hydrogens is 268 g/mol. The Bertz CT molecular complexity index is 586. The van der Waals surface area contributed by atoms with E-state index < -0.39 is 0 Å². The van der Waals surface area contributed by atoms with Gasteiger partial charge in [-0.25, -0.2) is 0 Å². The van der Waals surface area contributed by atoms with Gasteiger partial charge in [0, 0.05) is 6.04 Å². The quantitative estimate of drug-likeness (QED) is 0.885. The van der Waals surface area contributed by atoms with Gasteiger partial charge >= 0.3 is 0 Å². The van der Waals surface area contributed by atoms with Gasteiger partial charge in [0.25, 0.3) is 0 Å². The summed E-state index contributed by atoms with van der Waals surface area (Å²) < 4.78 is 16.4. The second kappa shape index (κ2) is 6.63. The van der Waals surface area contributed by atoms with E-state index in [1.54, 1.807) is 7.11 Å². The Morgan fingerprint density at radius 3 is 2.62 bits per heavy atom. The third kappa shape index (κ3) is 3.76. The predicted octanol–water partition coefficient (Wildman–Crippen LogP) is 2.77. The summed E-state index contributed by atoms with van der Waals surface area (Å²) in [7, 11) is 1.63. The second-order valence-electron chi connectivity index (χ2n) is 5.26. The molecule has 0 spiro atoms. The molecule has 1 heterocycles. The Balaban J connectivity index is 2.17. The molecule has 114 valence electrons. The highest BCUT2D eigenvalue weighted by atomic mass is 16.5. The number of hydrogen-bond donors (Lipinski definition) is 1. The molecule has 5 nitrogen and oxygen atoms in total. The van der Waals surface area contributed by atoms with Crippen LogP contribution in [0.1, 0.15) is 29.5 Å². The highest BCUT2D eigenvalue weighted by Gasteiger charge is 2.12. The number of aromatic nitrogens is 1. The van der Waals surface area contributed by atoms with Crippen LogP contribution >= 0.6 is 0 Å². The van der Waals surface area contributed by atoms with Crippen LogP contribution in [-0.4, -0.2) is 18.3 Å². The first kappa shape index (κ1) is 15.4. The molecule has 0 bridgehead atoms. The van der Waals surface area contributed by atoms with Crippen molar-refractivity contribution in [2.24, 2.45) is 5.73 Å². The van der Waals surface area contributed by atoms with Crippen LogP contribution in [0.3, 0.4) is 0 Å². The molecule has 0 aliphatic carbocycles. The van der Waals surface area contributed by atoms with E-state index in [0.29, 0.717) is 18.1 Å². The van der Waals surface area contributed by atoms with Crippen LogP contribution in [0.25, 0.3) is 0 Å². The molecule has 21 heavy (non-hydrogen) atoms. The molecule has 2 N–H and O–H groups in total. The third-order valence-corrected chi connectivity index (χ3v) is 3.34. The van der Waals surface area contributed by atoms with Gasteiger partial charge in [0.05, 0.1) is 18.4 Å². The summed E-state index contributed by atoms with van der Waals surface area (Å²) in [4.78, 5) is 0. The zero-order valence-electron chi connectivity index (χ0n) is 13.0. The van der Waals surface area contributed by atoms with Crippen molar-refractivity contribution in [2.75, 3.05) is 7.11 Å². The number of aryl methyl sites for hydroxylation is 2. The van der Waals surface area contributed by atoms with Crippen molar-refractivity contribution in [1.29, 1.82) is 0 Å². The highest BCUT2D eigenvalue weighted by molar-refractivity contribution is 5.43. The van der Waals surface area contributed by atoms with Gasteiger partial charge in [-0.1, -0.05) is 11.2 Å². The molecule has 1 aromatic heterocycles. The summed E-state index contributed by atoms with van der Waals surface area (Å²) in [5.74, 6) is 2.18. The van der Waals surface area contributed by atoms with Gasteiger partial charge in [-0.15, -0.1) is 0 Å². The van der Waals surface area contributed by atoms with E-state index in [1.807, 2.05) is 39.0 Å². The molecule has 5 heteroatoms. The Kier molecular flexibility index (Phi) is 4.85. The van der Waals surface area contributed by atoms with Crippen molar-refractivity contribution >= 4 is 0 Å². The highest BCUT2D eigenvalue weighted by Crippen LogP contribution is 2.29. The molecule has 0 saturated carbocycles. The van der Waals surface area contributed by atoms with Crippen molar-refractivity contribution in [3.63, 3.8) is 0 Å². The average Bonchev–Trinajstić information content (AvgIpc) is 2.75. The first-order valence-electron chi connectivity index (χ1n) is 6.98. The van der Waals surface area contributed by atoms with Crippen LogP contribution in [-0.2, 0) is 13.0 Å². The maximum atomic E-state index is 5.89. The Morgan fingerprint density at radius 1 is 1.29 bits per heavy atom. The number of methoxy groups -OCH3 is 1. The van der Waals surface area contributed by atoms with Crippen LogP contribution in [0.5, 0.6) is 11.5 Å². The Labute approximate surface area is 125 Å². The summed E-state index contributed by atoms with van der Waals surface area (Å²) in [6, 6.07) is 5.99. The Hall–Kier alpha value is -2.01. The molecule has 0 amide bonds. The zero-order valence-corrected chi connectivity index (χ0v) is 13.0. The smallest absolute Gasteiger partial charge is 0.161 e. The fraction of sp³-hybridized carbons (Fsp3) is 0.438. The molecule has 1 atom stereocenters. The molecule has 0 radical (unpaired) electrons. The van der Waals surface area contributed by atoms with Gasteiger partial charge < -0.3 is 19.7 Å². The minimum atomic E-state index is 0.105. The molecular formula is C16H22N2O3. The van der Waals surface area contributed by atoms with Gasteiger partial charge in [0.1, 0.15) is 12.4 Å². The maximum Gasteiger partial charge on any atom is 0.161 e. The summed E-state index contributed by atoms with van der Waals surface area (Å²) in [6.07, 6.45) is 0.797. The van der Waals surface area contributed by atoms with Crippen molar-refractivity contribution in [1.82, 2.24) is 5.16 Å². The Morgan fingerprint density at radius 2 is 2.05 bits per heavy atom. The number of ether oxygens (including phenoxy) is 2. The topological polar surface area (TPSA) is 70.5 Å². The van der Waals surface area contributed by atoms with E-state index in [9.17, 15) is 0 Å². The van der Waals surface area contributed by atoms with E-state index >= 15 is 0 Å². The number of nitrogens with two attached hydrogens (primary N) is 1. The van der Waals surface area contributed by atoms with E-state index in [1.165, 1.54) is 0 Å². The van der Waals surface area contributed by atoms with Crippen LogP contribution in [0.4, 0.5) is 0 Å². The number of nitrogens with zero attached hydrogens (tertiary/aromatic N) is 1. The number of benzene rings is 1. The molecule has 2 rings (SSSR count). The van der Waals surface area contributed by atoms with E-state index in [0.717, 1.165) is 29.0 Å². The van der Waals surface area contributed by atoms with Gasteiger partial charge in [-0.3, -0.25) is 0 Å². The van der Waals surface area contributed by atoms with Crippen LogP contribution in [0.15, 0.2) is 22.7 Å². The largest absolute Gasteiger partial charge is 0.493 e. The lowest BCUT2D eigenvalue weighted by atomic mass is 10.1. The van der Waals surface area contributed by atoms with Crippen molar-refractivity contribution in [2.45, 2.75) is 39.8 Å². The van der Waals surface area contributed by atoms with Crippen LogP contribution in [0, 0.1) is 13.8 Å². The fourth-order valence-electron chi connectivity index (χ4n) is 2.19. The van der Waals surface area contributed by atoms with Gasteiger partial charge in [0.15, 0.2) is 11.5 Å². The molecule has 0 saturated heterocycles. The lowest BCUT2D eigenvalue weighted by Crippen LogP contribution is -2.17. The second-order valence-corrected chi connectivity index (χ2v) is 5.26.